The van der Waals surface area contributed by atoms with Crippen LogP contribution in [0.2, 0.25) is 0 Å². The van der Waals surface area contributed by atoms with Crippen molar-refractivity contribution >= 4 is 5.91 Å². The van der Waals surface area contributed by atoms with Gasteiger partial charge in [0.05, 0.1) is 30.1 Å². The molecule has 0 saturated heterocycles. The van der Waals surface area contributed by atoms with E-state index in [1.807, 2.05) is 0 Å². The number of nitrogens with zero attached hydrogens (tertiary/aromatic N) is 3. The molecule has 0 aromatic carbocycles. The van der Waals surface area contributed by atoms with Gasteiger partial charge in [-0.25, -0.2) is 4.98 Å². The van der Waals surface area contributed by atoms with Crippen molar-refractivity contribution in [3.05, 3.63) is 23.8 Å². The Labute approximate surface area is 134 Å². The van der Waals surface area contributed by atoms with Gasteiger partial charge in [0.15, 0.2) is 0 Å². The van der Waals surface area contributed by atoms with Crippen molar-refractivity contribution in [1.82, 2.24) is 20.1 Å². The zero-order chi connectivity index (χ0) is 16.8. The van der Waals surface area contributed by atoms with Crippen LogP contribution in [0.25, 0.3) is 11.5 Å². The zero-order valence-corrected chi connectivity index (χ0v) is 13.8. The number of hydrogen-bond donors (Lipinski definition) is 1. The molecule has 0 aliphatic rings. The minimum absolute atomic E-state index is 0.154. The second-order valence-electron chi connectivity index (χ2n) is 5.24. The minimum Gasteiger partial charge on any atom is -0.431 e. The maximum absolute atomic E-state index is 12.4. The fraction of sp³-hybridized carbons (Fsp3) is 0.533. The molecule has 1 amide bonds. The lowest BCUT2D eigenvalue weighted by atomic mass is 10.2. The third-order valence-electron chi connectivity index (χ3n) is 3.33. The largest absolute Gasteiger partial charge is 0.431 e. The van der Waals surface area contributed by atoms with Gasteiger partial charge in [-0.15, -0.1) is 0 Å². The van der Waals surface area contributed by atoms with Gasteiger partial charge in [0, 0.05) is 34.1 Å². The number of ether oxygens (including phenoxy) is 2. The first-order valence-corrected chi connectivity index (χ1v) is 7.30. The van der Waals surface area contributed by atoms with E-state index in [0.29, 0.717) is 31.2 Å². The highest BCUT2D eigenvalue weighted by molar-refractivity contribution is 5.93. The molecule has 2 aromatic rings. The van der Waals surface area contributed by atoms with Crippen molar-refractivity contribution in [2.75, 3.05) is 27.4 Å². The van der Waals surface area contributed by atoms with Gasteiger partial charge < -0.3 is 19.2 Å². The van der Waals surface area contributed by atoms with E-state index in [9.17, 15) is 4.79 Å². The zero-order valence-electron chi connectivity index (χ0n) is 13.8. The highest BCUT2D eigenvalue weighted by atomic mass is 16.5. The molecule has 0 spiro atoms. The van der Waals surface area contributed by atoms with Crippen molar-refractivity contribution in [3.8, 4) is 11.5 Å². The highest BCUT2D eigenvalue weighted by Gasteiger charge is 2.21. The van der Waals surface area contributed by atoms with Gasteiger partial charge >= 0.3 is 0 Å². The van der Waals surface area contributed by atoms with Crippen LogP contribution in [0.15, 0.2) is 16.8 Å². The summed E-state index contributed by atoms with van der Waals surface area (Å²) in [4.78, 5) is 16.7. The van der Waals surface area contributed by atoms with Crippen LogP contribution >= 0.6 is 0 Å². The van der Waals surface area contributed by atoms with Crippen LogP contribution in [0.5, 0.6) is 0 Å². The standard InChI is InChI=1S/C15H22N4O4/c1-10-13(14(20)18-12(9-22-4)5-6-21-3)23-15(17-10)11-7-16-19(2)8-11/h7-8,12H,5-6,9H2,1-4H3,(H,18,20). The molecule has 8 nitrogen and oxygen atoms in total. The van der Waals surface area contributed by atoms with E-state index in [4.69, 9.17) is 13.9 Å². The summed E-state index contributed by atoms with van der Waals surface area (Å²) in [5.41, 5.74) is 1.26. The Bertz CT molecular complexity index is 650. The van der Waals surface area contributed by atoms with Crippen LogP contribution in [-0.4, -0.2) is 54.1 Å². The topological polar surface area (TPSA) is 91.4 Å². The Morgan fingerprint density at radius 2 is 2.22 bits per heavy atom. The van der Waals surface area contributed by atoms with Gasteiger partial charge in [-0.05, 0) is 13.3 Å². The Balaban J connectivity index is 2.11. The third-order valence-corrected chi connectivity index (χ3v) is 3.33. The monoisotopic (exact) mass is 322 g/mol. The van der Waals surface area contributed by atoms with E-state index in [0.717, 1.165) is 5.56 Å². The first kappa shape index (κ1) is 17.2. The predicted molar refractivity (Wildman–Crippen MR) is 83.1 cm³/mol. The maximum atomic E-state index is 12.4. The van der Waals surface area contributed by atoms with Gasteiger partial charge in [0.2, 0.25) is 11.7 Å². The highest BCUT2D eigenvalue weighted by Crippen LogP contribution is 2.21. The Morgan fingerprint density at radius 1 is 1.43 bits per heavy atom. The van der Waals surface area contributed by atoms with E-state index < -0.39 is 0 Å². The Kier molecular flexibility index (Phi) is 5.89. The molecule has 2 rings (SSSR count). The molecule has 23 heavy (non-hydrogen) atoms. The van der Waals surface area contributed by atoms with Gasteiger partial charge in [0.25, 0.3) is 5.91 Å². The fourth-order valence-electron chi connectivity index (χ4n) is 2.17. The van der Waals surface area contributed by atoms with Crippen LogP contribution < -0.4 is 5.32 Å². The SMILES string of the molecule is COCCC(COC)NC(=O)c1oc(-c2cnn(C)c2)nc1C. The molecular weight excluding hydrogens is 300 g/mol. The van der Waals surface area contributed by atoms with Crippen LogP contribution in [0.4, 0.5) is 0 Å². The van der Waals surface area contributed by atoms with E-state index >= 15 is 0 Å². The average molecular weight is 322 g/mol. The normalized spacial score (nSPS) is 12.3. The number of nitrogens with one attached hydrogen (secondary N) is 1. The number of carbonyl (C=O) groups is 1. The number of rotatable bonds is 8. The molecular formula is C15H22N4O4. The molecule has 0 saturated carbocycles. The molecule has 0 bridgehead atoms. The predicted octanol–water partition coefficient (Wildman–Crippen LogP) is 1.16. The lowest BCUT2D eigenvalue weighted by Crippen LogP contribution is -2.39. The second-order valence-corrected chi connectivity index (χ2v) is 5.24. The smallest absolute Gasteiger partial charge is 0.289 e. The van der Waals surface area contributed by atoms with Crippen LogP contribution in [-0.2, 0) is 16.5 Å². The lowest BCUT2D eigenvalue weighted by molar-refractivity contribution is 0.0838. The number of aromatic nitrogens is 3. The van der Waals surface area contributed by atoms with Gasteiger partial charge in [-0.2, -0.15) is 5.10 Å². The van der Waals surface area contributed by atoms with E-state index in [-0.39, 0.29) is 17.7 Å². The quantitative estimate of drug-likeness (QED) is 0.784. The molecule has 2 heterocycles. The molecule has 8 heteroatoms. The summed E-state index contributed by atoms with van der Waals surface area (Å²) >= 11 is 0. The third kappa shape index (κ3) is 4.40. The molecule has 0 fully saturated rings. The number of amides is 1. The van der Waals surface area contributed by atoms with Gasteiger partial charge in [-0.1, -0.05) is 0 Å². The molecule has 1 N–H and O–H groups in total. The molecule has 0 radical (unpaired) electrons. The average Bonchev–Trinajstić information content (AvgIpc) is 3.11. The second kappa shape index (κ2) is 7.89. The minimum atomic E-state index is -0.316. The fourth-order valence-corrected chi connectivity index (χ4v) is 2.17. The lowest BCUT2D eigenvalue weighted by Gasteiger charge is -2.16. The number of methoxy groups -OCH3 is 2. The number of aryl methyl sites for hydroxylation is 2. The molecule has 1 atom stereocenters. The number of hydrogen-bond acceptors (Lipinski definition) is 6. The summed E-state index contributed by atoms with van der Waals surface area (Å²) in [6, 6.07) is -0.154. The molecule has 0 aliphatic heterocycles. The number of carbonyl (C=O) groups excluding carboxylic acids is 1. The molecule has 126 valence electrons. The van der Waals surface area contributed by atoms with Crippen molar-refractivity contribution in [2.45, 2.75) is 19.4 Å². The van der Waals surface area contributed by atoms with Crippen molar-refractivity contribution < 1.29 is 18.7 Å². The Morgan fingerprint density at radius 3 is 2.83 bits per heavy atom. The Hall–Kier alpha value is -2.19. The summed E-state index contributed by atoms with van der Waals surface area (Å²) in [7, 11) is 5.01. The van der Waals surface area contributed by atoms with E-state index in [1.165, 1.54) is 0 Å². The first-order valence-electron chi connectivity index (χ1n) is 7.30. The van der Waals surface area contributed by atoms with Gasteiger partial charge in [-0.3, -0.25) is 9.48 Å². The van der Waals surface area contributed by atoms with E-state index in [2.05, 4.69) is 15.4 Å². The maximum Gasteiger partial charge on any atom is 0.289 e. The van der Waals surface area contributed by atoms with Gasteiger partial charge in [0.1, 0.15) is 0 Å². The summed E-state index contributed by atoms with van der Waals surface area (Å²) in [6.45, 7) is 2.67. The molecule has 1 unspecified atom stereocenters. The summed E-state index contributed by atoms with van der Waals surface area (Å²) in [6.07, 6.45) is 4.07. The van der Waals surface area contributed by atoms with Crippen molar-refractivity contribution in [2.24, 2.45) is 7.05 Å². The van der Waals surface area contributed by atoms with E-state index in [1.54, 1.807) is 45.3 Å². The van der Waals surface area contributed by atoms with Crippen molar-refractivity contribution in [1.29, 1.82) is 0 Å². The molecule has 2 aromatic heterocycles. The van der Waals surface area contributed by atoms with Crippen molar-refractivity contribution in [3.63, 3.8) is 0 Å². The molecule has 0 aliphatic carbocycles. The van der Waals surface area contributed by atoms with Crippen LogP contribution in [0.3, 0.4) is 0 Å². The van der Waals surface area contributed by atoms with Crippen LogP contribution in [0.1, 0.15) is 22.7 Å². The summed E-state index contributed by atoms with van der Waals surface area (Å²) in [5, 5.41) is 6.95. The summed E-state index contributed by atoms with van der Waals surface area (Å²) < 4.78 is 17.4. The number of oxazole rings is 1. The van der Waals surface area contributed by atoms with Crippen LogP contribution in [0, 0.1) is 6.92 Å². The summed E-state index contributed by atoms with van der Waals surface area (Å²) in [5.74, 6) is 0.256. The first-order chi connectivity index (χ1) is 11.0.